The maximum Gasteiger partial charge on any atom is 0.0440 e. The van der Waals surface area contributed by atoms with Gasteiger partial charge < -0.3 is 0 Å². The zero-order valence-corrected chi connectivity index (χ0v) is 7.73. The van der Waals surface area contributed by atoms with E-state index in [1.54, 1.807) is 0 Å². The second-order valence-corrected chi connectivity index (χ2v) is 3.24. The Morgan fingerprint density at radius 1 is 1.36 bits per heavy atom. The molecule has 60 valence electrons. The molecule has 1 aromatic carbocycles. The van der Waals surface area contributed by atoms with Gasteiger partial charge in [0.15, 0.2) is 0 Å². The van der Waals surface area contributed by atoms with E-state index in [4.69, 9.17) is 11.6 Å². The predicted molar refractivity (Wildman–Crippen MR) is 50.2 cm³/mol. The first-order chi connectivity index (χ1) is 5.25. The van der Waals surface area contributed by atoms with Gasteiger partial charge in [0.05, 0.1) is 0 Å². The summed E-state index contributed by atoms with van der Waals surface area (Å²) in [5.74, 6) is 0.573. The molecule has 0 heterocycles. The molecule has 1 aromatic rings. The Kier molecular flexibility index (Phi) is 2.95. The van der Waals surface area contributed by atoms with Gasteiger partial charge in [-0.25, -0.2) is 0 Å². The first kappa shape index (κ1) is 8.61. The van der Waals surface area contributed by atoms with Crippen LogP contribution in [0.15, 0.2) is 24.3 Å². The maximum absolute atomic E-state index is 6.00. The normalized spacial score (nSPS) is 13.0. The number of hydrogen-bond acceptors (Lipinski definition) is 0. The molecule has 0 fully saturated rings. The van der Waals surface area contributed by atoms with Crippen LogP contribution >= 0.6 is 11.6 Å². The van der Waals surface area contributed by atoms with Crippen molar-refractivity contribution in [2.75, 3.05) is 0 Å². The molecule has 1 heteroatoms. The third kappa shape index (κ3) is 1.97. The number of rotatable bonds is 2. The van der Waals surface area contributed by atoms with Gasteiger partial charge in [-0.05, 0) is 24.0 Å². The van der Waals surface area contributed by atoms with Crippen LogP contribution in [0.25, 0.3) is 0 Å². The molecule has 0 saturated carbocycles. The monoisotopic (exact) mass is 168 g/mol. The highest BCUT2D eigenvalue weighted by molar-refractivity contribution is 6.31. The number of hydrogen-bond donors (Lipinski definition) is 0. The van der Waals surface area contributed by atoms with E-state index in [1.165, 1.54) is 5.56 Å². The second-order valence-electron chi connectivity index (χ2n) is 2.83. The quantitative estimate of drug-likeness (QED) is 0.629. The van der Waals surface area contributed by atoms with Crippen LogP contribution in [0.2, 0.25) is 5.02 Å². The van der Waals surface area contributed by atoms with Crippen LogP contribution in [0, 0.1) is 0 Å². The van der Waals surface area contributed by atoms with Crippen LogP contribution < -0.4 is 0 Å². The fraction of sp³-hybridized carbons (Fsp3) is 0.400. The average molecular weight is 169 g/mol. The molecule has 0 bridgehead atoms. The number of benzene rings is 1. The summed E-state index contributed by atoms with van der Waals surface area (Å²) in [6.07, 6.45) is 1.14. The molecular weight excluding hydrogens is 156 g/mol. The molecule has 0 saturated heterocycles. The van der Waals surface area contributed by atoms with Gasteiger partial charge in [-0.3, -0.25) is 0 Å². The molecule has 0 N–H and O–H groups in total. The van der Waals surface area contributed by atoms with Crippen molar-refractivity contribution in [2.24, 2.45) is 0 Å². The van der Waals surface area contributed by atoms with E-state index in [0.29, 0.717) is 5.92 Å². The summed E-state index contributed by atoms with van der Waals surface area (Å²) in [6, 6.07) is 8.04. The van der Waals surface area contributed by atoms with Crippen molar-refractivity contribution in [3.63, 3.8) is 0 Å². The highest BCUT2D eigenvalue weighted by atomic mass is 35.5. The van der Waals surface area contributed by atoms with Gasteiger partial charge in [0.1, 0.15) is 0 Å². The van der Waals surface area contributed by atoms with Crippen molar-refractivity contribution in [2.45, 2.75) is 26.2 Å². The molecule has 0 nitrogen and oxygen atoms in total. The summed E-state index contributed by atoms with van der Waals surface area (Å²) in [5, 5.41) is 0.891. The maximum atomic E-state index is 6.00. The Balaban J connectivity index is 2.93. The Morgan fingerprint density at radius 3 is 2.55 bits per heavy atom. The van der Waals surface area contributed by atoms with Gasteiger partial charge in [0.2, 0.25) is 0 Å². The molecule has 1 rings (SSSR count). The molecule has 0 unspecified atom stereocenters. The van der Waals surface area contributed by atoms with Crippen molar-refractivity contribution in [1.29, 1.82) is 0 Å². The summed E-state index contributed by atoms with van der Waals surface area (Å²) < 4.78 is 0. The largest absolute Gasteiger partial charge is 0.0840 e. The first-order valence-corrected chi connectivity index (χ1v) is 4.38. The summed E-state index contributed by atoms with van der Waals surface area (Å²) in [5.41, 5.74) is 1.26. The second kappa shape index (κ2) is 3.77. The van der Waals surface area contributed by atoms with Gasteiger partial charge in [-0.15, -0.1) is 0 Å². The third-order valence-electron chi connectivity index (χ3n) is 2.05. The molecule has 1 atom stereocenters. The van der Waals surface area contributed by atoms with Crippen molar-refractivity contribution >= 4 is 11.6 Å². The lowest BCUT2D eigenvalue weighted by Crippen LogP contribution is -1.91. The zero-order valence-electron chi connectivity index (χ0n) is 6.97. The van der Waals surface area contributed by atoms with E-state index >= 15 is 0 Å². The van der Waals surface area contributed by atoms with Gasteiger partial charge in [0, 0.05) is 5.02 Å². The van der Waals surface area contributed by atoms with E-state index in [2.05, 4.69) is 19.9 Å². The van der Waals surface area contributed by atoms with Crippen LogP contribution in [-0.4, -0.2) is 0 Å². The van der Waals surface area contributed by atoms with Crippen LogP contribution in [-0.2, 0) is 0 Å². The predicted octanol–water partition coefficient (Wildman–Crippen LogP) is 3.85. The molecule has 0 aromatic heterocycles. The molecule has 11 heavy (non-hydrogen) atoms. The third-order valence-corrected chi connectivity index (χ3v) is 2.39. The first-order valence-electron chi connectivity index (χ1n) is 4.00. The molecule has 0 radical (unpaired) electrons. The standard InChI is InChI=1S/C10H13Cl/c1-3-8(2)9-6-4-5-7-10(9)11/h4-8H,3H2,1-2H3/t8-/m0/s1. The highest BCUT2D eigenvalue weighted by Crippen LogP contribution is 2.25. The fourth-order valence-corrected chi connectivity index (χ4v) is 1.42. The summed E-state index contributed by atoms with van der Waals surface area (Å²) in [4.78, 5) is 0. The van der Waals surface area contributed by atoms with E-state index in [0.717, 1.165) is 11.4 Å². The average Bonchev–Trinajstić information content (AvgIpc) is 2.04. The summed E-state index contributed by atoms with van der Waals surface area (Å²) >= 11 is 6.00. The Morgan fingerprint density at radius 2 is 2.00 bits per heavy atom. The summed E-state index contributed by atoms with van der Waals surface area (Å²) in [7, 11) is 0. The number of halogens is 1. The fourth-order valence-electron chi connectivity index (χ4n) is 1.09. The minimum absolute atomic E-state index is 0.573. The van der Waals surface area contributed by atoms with E-state index in [-0.39, 0.29) is 0 Å². The van der Waals surface area contributed by atoms with Crippen LogP contribution in [0.1, 0.15) is 31.7 Å². The topological polar surface area (TPSA) is 0 Å². The van der Waals surface area contributed by atoms with Crippen LogP contribution in [0.3, 0.4) is 0 Å². The van der Waals surface area contributed by atoms with Gasteiger partial charge in [0.25, 0.3) is 0 Å². The minimum atomic E-state index is 0.573. The Hall–Kier alpha value is -0.490. The van der Waals surface area contributed by atoms with Gasteiger partial charge in [-0.1, -0.05) is 43.6 Å². The molecule has 0 aliphatic carbocycles. The van der Waals surface area contributed by atoms with Crippen molar-refractivity contribution in [3.8, 4) is 0 Å². The van der Waals surface area contributed by atoms with E-state index in [9.17, 15) is 0 Å². The zero-order chi connectivity index (χ0) is 8.27. The Labute approximate surface area is 73.2 Å². The Bertz CT molecular complexity index is 230. The van der Waals surface area contributed by atoms with Crippen molar-refractivity contribution in [1.82, 2.24) is 0 Å². The summed E-state index contributed by atoms with van der Waals surface area (Å²) in [6.45, 7) is 4.37. The van der Waals surface area contributed by atoms with E-state index in [1.807, 2.05) is 18.2 Å². The minimum Gasteiger partial charge on any atom is -0.0840 e. The molecule has 0 aliphatic heterocycles. The van der Waals surface area contributed by atoms with E-state index < -0.39 is 0 Å². The molecule has 0 spiro atoms. The van der Waals surface area contributed by atoms with Crippen molar-refractivity contribution < 1.29 is 0 Å². The van der Waals surface area contributed by atoms with Crippen molar-refractivity contribution in [3.05, 3.63) is 34.9 Å². The molecular formula is C10H13Cl. The van der Waals surface area contributed by atoms with Gasteiger partial charge in [-0.2, -0.15) is 0 Å². The molecule has 0 aliphatic rings. The van der Waals surface area contributed by atoms with Crippen LogP contribution in [0.5, 0.6) is 0 Å². The molecule has 0 amide bonds. The van der Waals surface area contributed by atoms with Crippen LogP contribution in [0.4, 0.5) is 0 Å². The lowest BCUT2D eigenvalue weighted by Gasteiger charge is -2.09. The smallest absolute Gasteiger partial charge is 0.0440 e. The lowest BCUT2D eigenvalue weighted by atomic mass is 9.99. The SMILES string of the molecule is CC[C@H](C)c1ccccc1Cl. The van der Waals surface area contributed by atoms with Gasteiger partial charge >= 0.3 is 0 Å². The highest BCUT2D eigenvalue weighted by Gasteiger charge is 2.05. The lowest BCUT2D eigenvalue weighted by molar-refractivity contribution is 0.734.